The van der Waals surface area contributed by atoms with Crippen molar-refractivity contribution in [1.29, 1.82) is 0 Å². The third-order valence-electron chi connectivity index (χ3n) is 6.91. The van der Waals surface area contributed by atoms with Crippen molar-refractivity contribution >= 4 is 22.8 Å². The van der Waals surface area contributed by atoms with E-state index in [0.717, 1.165) is 66.4 Å². The van der Waals surface area contributed by atoms with Crippen molar-refractivity contribution in [3.05, 3.63) is 84.6 Å². The molecule has 1 rings (SSSR count). The molecule has 0 spiro atoms. The van der Waals surface area contributed by atoms with Crippen molar-refractivity contribution in [2.45, 2.75) is 73.3 Å². The topological polar surface area (TPSA) is 70.7 Å². The lowest BCUT2D eigenvalue weighted by Gasteiger charge is -2.26. The molecular formula is C34H54N4OS. The zero-order chi connectivity index (χ0) is 30.1. The zero-order valence-electron chi connectivity index (χ0n) is 26.0. The minimum Gasteiger partial charge on any atom is -0.348 e. The van der Waals surface area contributed by atoms with E-state index in [9.17, 15) is 4.79 Å². The maximum absolute atomic E-state index is 12.8. The van der Waals surface area contributed by atoms with E-state index < -0.39 is 0 Å². The fourth-order valence-electron chi connectivity index (χ4n) is 4.23. The Labute approximate surface area is 249 Å². The highest BCUT2D eigenvalue weighted by Crippen LogP contribution is 2.33. The Kier molecular flexibility index (Phi) is 16.6. The van der Waals surface area contributed by atoms with Crippen molar-refractivity contribution in [1.82, 2.24) is 10.2 Å². The smallest absolute Gasteiger partial charge is 0.251 e. The summed E-state index contributed by atoms with van der Waals surface area (Å²) >= 11 is 1.85. The number of carbonyl (C=O) groups excluding carboxylic acids is 1. The SMILES string of the molecule is C=C/C=C\[C@@H](CC)CCN(C/C(C)=C/C=C(\C=C)C(=O)NCC(=C)/C=C(/CN)CCC)C1=NC(C(C)(C)C)CS1. The van der Waals surface area contributed by atoms with E-state index in [-0.39, 0.29) is 11.3 Å². The standard InChI is InChI=1S/C34H54N4OS/c1-10-14-16-28(12-3)19-20-38(33-37-31(25-40-33)34(7,8)9)24-26(5)17-18-30(13-4)32(39)36-23-27(6)21-29(22-35)15-11-2/h10,13-14,16-18,21,28,31H,1,4,6,11-12,15,19-20,22-25,35H2,2-3,5,7-9H3,(H,36,39)/b16-14-,26-17+,29-21+,30-18+/t28-,31?/m1/s1. The van der Waals surface area contributed by atoms with E-state index in [0.29, 0.717) is 30.6 Å². The Bertz CT molecular complexity index is 1010. The highest BCUT2D eigenvalue weighted by Gasteiger charge is 2.31. The molecule has 0 radical (unpaired) electrons. The van der Waals surface area contributed by atoms with Gasteiger partial charge in [-0.05, 0) is 49.2 Å². The number of hydrogen-bond acceptors (Lipinski definition) is 5. The van der Waals surface area contributed by atoms with Crippen molar-refractivity contribution < 1.29 is 4.79 Å². The second kappa shape index (κ2) is 18.7. The minimum absolute atomic E-state index is 0.141. The van der Waals surface area contributed by atoms with Gasteiger partial charge in [-0.25, -0.2) is 0 Å². The molecule has 1 heterocycles. The first kappa shape index (κ1) is 35.5. The van der Waals surface area contributed by atoms with Crippen LogP contribution >= 0.6 is 11.8 Å². The van der Waals surface area contributed by atoms with Crippen LogP contribution in [0.5, 0.6) is 0 Å². The molecule has 5 nitrogen and oxygen atoms in total. The van der Waals surface area contributed by atoms with Crippen LogP contribution in [0.3, 0.4) is 0 Å². The number of amidine groups is 1. The molecule has 0 bridgehead atoms. The summed E-state index contributed by atoms with van der Waals surface area (Å²) in [7, 11) is 0. The molecule has 1 unspecified atom stereocenters. The minimum atomic E-state index is -0.168. The number of allylic oxidation sites excluding steroid dienone is 5. The molecule has 1 amide bonds. The first-order chi connectivity index (χ1) is 19.0. The van der Waals surface area contributed by atoms with Crippen LogP contribution < -0.4 is 11.1 Å². The Hall–Kier alpha value is -2.57. The van der Waals surface area contributed by atoms with Crippen LogP contribution in [0, 0.1) is 11.3 Å². The average molecular weight is 567 g/mol. The molecule has 0 aliphatic carbocycles. The van der Waals surface area contributed by atoms with Gasteiger partial charge < -0.3 is 16.0 Å². The molecule has 0 aromatic rings. The molecule has 0 saturated heterocycles. The van der Waals surface area contributed by atoms with Crippen LogP contribution in [0.1, 0.15) is 67.2 Å². The molecule has 1 aliphatic rings. The second-order valence-corrected chi connectivity index (χ2v) is 12.5. The molecule has 0 fully saturated rings. The van der Waals surface area contributed by atoms with Crippen LogP contribution in [0.25, 0.3) is 0 Å². The fraction of sp³-hybridized carbons (Fsp3) is 0.529. The van der Waals surface area contributed by atoms with Crippen LogP contribution in [0.4, 0.5) is 0 Å². The van der Waals surface area contributed by atoms with Crippen molar-refractivity contribution in [2.75, 3.05) is 31.9 Å². The maximum Gasteiger partial charge on any atom is 0.251 e. The molecule has 0 aromatic heterocycles. The van der Waals surface area contributed by atoms with Gasteiger partial charge in [0, 0.05) is 37.5 Å². The summed E-state index contributed by atoms with van der Waals surface area (Å²) in [5.41, 5.74) is 9.62. The lowest BCUT2D eigenvalue weighted by atomic mass is 9.88. The van der Waals surface area contributed by atoms with Gasteiger partial charge in [-0.2, -0.15) is 0 Å². The van der Waals surface area contributed by atoms with Gasteiger partial charge in [-0.3, -0.25) is 9.79 Å². The molecule has 3 N–H and O–H groups in total. The van der Waals surface area contributed by atoms with Gasteiger partial charge in [0.15, 0.2) is 5.17 Å². The largest absolute Gasteiger partial charge is 0.348 e. The molecular weight excluding hydrogens is 512 g/mol. The van der Waals surface area contributed by atoms with Gasteiger partial charge in [0.2, 0.25) is 0 Å². The number of carbonyl (C=O) groups is 1. The number of amides is 1. The van der Waals surface area contributed by atoms with Crippen LogP contribution in [-0.2, 0) is 4.79 Å². The zero-order valence-corrected chi connectivity index (χ0v) is 26.8. The number of nitrogens with zero attached hydrogens (tertiary/aromatic N) is 2. The van der Waals surface area contributed by atoms with Crippen molar-refractivity contribution in [3.63, 3.8) is 0 Å². The van der Waals surface area contributed by atoms with Crippen molar-refractivity contribution in [3.8, 4) is 0 Å². The first-order valence-electron chi connectivity index (χ1n) is 14.6. The summed E-state index contributed by atoms with van der Waals surface area (Å²) in [6, 6.07) is 0.311. The first-order valence-corrected chi connectivity index (χ1v) is 15.6. The summed E-state index contributed by atoms with van der Waals surface area (Å²) in [6.45, 7) is 27.5. The Morgan fingerprint density at radius 2 is 2.00 bits per heavy atom. The van der Waals surface area contributed by atoms with E-state index in [1.54, 1.807) is 6.08 Å². The lowest BCUT2D eigenvalue weighted by molar-refractivity contribution is -0.117. The molecule has 6 heteroatoms. The average Bonchev–Trinajstić information content (AvgIpc) is 3.42. The van der Waals surface area contributed by atoms with E-state index in [1.807, 2.05) is 42.1 Å². The van der Waals surface area contributed by atoms with Crippen LogP contribution in [0.2, 0.25) is 0 Å². The summed E-state index contributed by atoms with van der Waals surface area (Å²) in [4.78, 5) is 20.3. The third-order valence-corrected chi connectivity index (χ3v) is 8.01. The number of rotatable bonds is 17. The fourth-order valence-corrected chi connectivity index (χ4v) is 5.65. The van der Waals surface area contributed by atoms with Crippen LogP contribution in [-0.4, -0.2) is 53.9 Å². The van der Waals surface area contributed by atoms with Gasteiger partial charge in [-0.15, -0.1) is 0 Å². The Morgan fingerprint density at radius 1 is 1.27 bits per heavy atom. The monoisotopic (exact) mass is 566 g/mol. The number of thioether (sulfide) groups is 1. The molecule has 0 aromatic carbocycles. The van der Waals surface area contributed by atoms with E-state index in [1.165, 1.54) is 0 Å². The van der Waals surface area contributed by atoms with Crippen molar-refractivity contribution in [2.24, 2.45) is 22.1 Å². The van der Waals surface area contributed by atoms with Gasteiger partial charge in [0.05, 0.1) is 6.04 Å². The Morgan fingerprint density at radius 3 is 2.55 bits per heavy atom. The lowest BCUT2D eigenvalue weighted by Crippen LogP contribution is -2.32. The number of nitrogens with one attached hydrogen (secondary N) is 1. The normalized spacial score (nSPS) is 17.5. The number of aliphatic imine (C=N–C) groups is 1. The second-order valence-electron chi connectivity index (χ2n) is 11.5. The third kappa shape index (κ3) is 13.2. The summed E-state index contributed by atoms with van der Waals surface area (Å²) in [5, 5.41) is 4.07. The molecule has 222 valence electrons. The molecule has 40 heavy (non-hydrogen) atoms. The maximum atomic E-state index is 12.8. The summed E-state index contributed by atoms with van der Waals surface area (Å²) in [5.74, 6) is 1.34. The predicted molar refractivity (Wildman–Crippen MR) is 179 cm³/mol. The van der Waals surface area contributed by atoms with Gasteiger partial charge in [0.1, 0.15) is 0 Å². The van der Waals surface area contributed by atoms with Gasteiger partial charge in [0.25, 0.3) is 5.91 Å². The Balaban J connectivity index is 2.99. The quantitative estimate of drug-likeness (QED) is 0.142. The number of nitrogens with two attached hydrogens (primary N) is 1. The van der Waals surface area contributed by atoms with Gasteiger partial charge in [-0.1, -0.05) is 120 Å². The van der Waals surface area contributed by atoms with Crippen LogP contribution in [0.15, 0.2) is 89.6 Å². The summed E-state index contributed by atoms with van der Waals surface area (Å²) < 4.78 is 0. The molecule has 2 atom stereocenters. The molecule has 0 saturated carbocycles. The van der Waals surface area contributed by atoms with E-state index >= 15 is 0 Å². The highest BCUT2D eigenvalue weighted by atomic mass is 32.2. The number of hydrogen-bond donors (Lipinski definition) is 2. The highest BCUT2D eigenvalue weighted by molar-refractivity contribution is 8.14. The van der Waals surface area contributed by atoms with E-state index in [2.05, 4.69) is 77.6 Å². The van der Waals surface area contributed by atoms with E-state index in [4.69, 9.17) is 10.7 Å². The summed E-state index contributed by atoms with van der Waals surface area (Å²) in [6.07, 6.45) is 17.7. The van der Waals surface area contributed by atoms with Gasteiger partial charge >= 0.3 is 0 Å². The predicted octanol–water partition coefficient (Wildman–Crippen LogP) is 7.38. The molecule has 1 aliphatic heterocycles.